The van der Waals surface area contributed by atoms with Crippen molar-refractivity contribution in [2.45, 2.75) is 31.9 Å². The third-order valence-electron chi connectivity index (χ3n) is 5.11. The third-order valence-corrected chi connectivity index (χ3v) is 5.42. The highest BCUT2D eigenvalue weighted by molar-refractivity contribution is 6.32. The predicted molar refractivity (Wildman–Crippen MR) is 107 cm³/mol. The van der Waals surface area contributed by atoms with Crippen LogP contribution in [0.15, 0.2) is 42.7 Å². The molecule has 0 amide bonds. The Morgan fingerprint density at radius 3 is 3.07 bits per heavy atom. The van der Waals surface area contributed by atoms with Crippen molar-refractivity contribution in [2.24, 2.45) is 0 Å². The Kier molecular flexibility index (Phi) is 5.08. The van der Waals surface area contributed by atoms with Crippen LogP contribution in [0.5, 0.6) is 5.75 Å². The van der Waals surface area contributed by atoms with Gasteiger partial charge in [0.05, 0.1) is 22.4 Å². The minimum atomic E-state index is -0.872. The predicted octanol–water partition coefficient (Wildman–Crippen LogP) is 3.93. The Labute approximate surface area is 163 Å². The van der Waals surface area contributed by atoms with Gasteiger partial charge in [-0.2, -0.15) is 0 Å². The van der Waals surface area contributed by atoms with Crippen LogP contribution in [-0.2, 0) is 6.54 Å². The number of aromatic nitrogens is 2. The van der Waals surface area contributed by atoms with E-state index in [0.717, 1.165) is 42.5 Å². The van der Waals surface area contributed by atoms with Crippen LogP contribution in [0.4, 0.5) is 0 Å². The summed E-state index contributed by atoms with van der Waals surface area (Å²) >= 11 is 6.21. The number of rotatable bonds is 5. The first-order valence-electron chi connectivity index (χ1n) is 9.26. The molecule has 27 heavy (non-hydrogen) atoms. The second kappa shape index (κ2) is 7.50. The molecule has 4 rings (SSSR count). The van der Waals surface area contributed by atoms with Crippen molar-refractivity contribution >= 4 is 22.6 Å². The van der Waals surface area contributed by atoms with E-state index in [1.807, 2.05) is 31.2 Å². The second-order valence-corrected chi connectivity index (χ2v) is 7.92. The molecule has 0 spiro atoms. The van der Waals surface area contributed by atoms with E-state index < -0.39 is 5.60 Å². The lowest BCUT2D eigenvalue weighted by Gasteiger charge is -2.39. The summed E-state index contributed by atoms with van der Waals surface area (Å²) in [6.45, 7) is 4.58. The monoisotopic (exact) mass is 385 g/mol. The average Bonchev–Trinajstić information content (AvgIpc) is 3.10. The molecular weight excluding hydrogens is 362 g/mol. The molecule has 2 N–H and O–H groups in total. The number of hydrogen-bond acceptors (Lipinski definition) is 4. The van der Waals surface area contributed by atoms with Gasteiger partial charge < -0.3 is 14.8 Å². The van der Waals surface area contributed by atoms with Crippen LogP contribution in [0.25, 0.3) is 11.0 Å². The number of nitrogens with zero attached hydrogens (tertiary/aromatic N) is 2. The number of halogens is 1. The van der Waals surface area contributed by atoms with Gasteiger partial charge in [0.25, 0.3) is 0 Å². The van der Waals surface area contributed by atoms with Gasteiger partial charge in [-0.1, -0.05) is 23.7 Å². The number of aryl methyl sites for hydroxylation is 1. The molecule has 1 atom stereocenters. The van der Waals surface area contributed by atoms with E-state index in [0.29, 0.717) is 17.3 Å². The molecular formula is C21H24ClN3O2. The normalized spacial score (nSPS) is 20.9. The molecule has 1 aromatic heterocycles. The second-order valence-electron chi connectivity index (χ2n) is 7.52. The highest BCUT2D eigenvalue weighted by atomic mass is 35.5. The minimum Gasteiger partial charge on any atom is -0.489 e. The molecule has 0 bridgehead atoms. The van der Waals surface area contributed by atoms with E-state index in [-0.39, 0.29) is 6.61 Å². The maximum Gasteiger partial charge on any atom is 0.138 e. The number of aromatic amines is 1. The summed E-state index contributed by atoms with van der Waals surface area (Å²) in [7, 11) is 0. The third kappa shape index (κ3) is 4.26. The summed E-state index contributed by atoms with van der Waals surface area (Å²) in [4.78, 5) is 9.69. The molecule has 2 heterocycles. The summed E-state index contributed by atoms with van der Waals surface area (Å²) in [5.41, 5.74) is 3.43. The Balaban J connectivity index is 1.41. The summed E-state index contributed by atoms with van der Waals surface area (Å²) in [5, 5.41) is 11.6. The lowest BCUT2D eigenvalue weighted by atomic mass is 9.93. The number of hydrogen-bond donors (Lipinski definition) is 2. The summed E-state index contributed by atoms with van der Waals surface area (Å²) in [5.74, 6) is 0.631. The molecule has 0 aliphatic carbocycles. The molecule has 0 unspecified atom stereocenters. The topological polar surface area (TPSA) is 61.4 Å². The van der Waals surface area contributed by atoms with E-state index in [1.165, 1.54) is 5.56 Å². The molecule has 0 saturated carbocycles. The number of H-pyrrole nitrogens is 1. The fourth-order valence-corrected chi connectivity index (χ4v) is 3.90. The van der Waals surface area contributed by atoms with Gasteiger partial charge in [-0.15, -0.1) is 0 Å². The minimum absolute atomic E-state index is 0.242. The van der Waals surface area contributed by atoms with Gasteiger partial charge >= 0.3 is 0 Å². The number of β-amino-alcohol motifs (C(OH)–C–C–N with tert-alkyl or cyclic N) is 1. The van der Waals surface area contributed by atoms with Crippen molar-refractivity contribution in [3.05, 3.63) is 58.9 Å². The van der Waals surface area contributed by atoms with Gasteiger partial charge in [0.2, 0.25) is 0 Å². The van der Waals surface area contributed by atoms with Crippen molar-refractivity contribution in [2.75, 3.05) is 19.7 Å². The maximum absolute atomic E-state index is 11.1. The zero-order valence-electron chi connectivity index (χ0n) is 15.4. The number of fused-ring (bicyclic) bond motifs is 1. The Morgan fingerprint density at radius 1 is 1.30 bits per heavy atom. The molecule has 1 fully saturated rings. The van der Waals surface area contributed by atoms with Crippen molar-refractivity contribution in [3.63, 3.8) is 0 Å². The number of aliphatic hydroxyl groups is 1. The van der Waals surface area contributed by atoms with Crippen molar-refractivity contribution in [1.82, 2.24) is 14.9 Å². The van der Waals surface area contributed by atoms with Gasteiger partial charge in [0, 0.05) is 13.1 Å². The number of nitrogens with one attached hydrogen (secondary N) is 1. The molecule has 6 heteroatoms. The van der Waals surface area contributed by atoms with Gasteiger partial charge in [-0.25, -0.2) is 4.98 Å². The van der Waals surface area contributed by atoms with E-state index in [9.17, 15) is 5.11 Å². The van der Waals surface area contributed by atoms with Gasteiger partial charge in [0.1, 0.15) is 18.0 Å². The van der Waals surface area contributed by atoms with Crippen LogP contribution in [0.3, 0.4) is 0 Å². The first-order valence-corrected chi connectivity index (χ1v) is 9.64. The van der Waals surface area contributed by atoms with Crippen LogP contribution in [0.2, 0.25) is 5.02 Å². The molecule has 1 aliphatic rings. The van der Waals surface area contributed by atoms with Crippen molar-refractivity contribution < 1.29 is 9.84 Å². The average molecular weight is 386 g/mol. The lowest BCUT2D eigenvalue weighted by Crippen LogP contribution is -2.51. The number of piperidine rings is 1. The van der Waals surface area contributed by atoms with E-state index in [4.69, 9.17) is 16.3 Å². The standard InChI is InChI=1S/C21H24ClN3O2/c1-15-3-5-17(22)20(9-15)27-13-21(26)7-2-8-25(12-21)11-16-4-6-18-19(10-16)24-14-23-18/h3-6,9-10,14,26H,2,7-8,11-13H2,1H3,(H,23,24)/t21-/m0/s1. The van der Waals surface area contributed by atoms with Crippen molar-refractivity contribution in [3.8, 4) is 5.75 Å². The van der Waals surface area contributed by atoms with Crippen LogP contribution in [0, 0.1) is 6.92 Å². The molecule has 2 aromatic carbocycles. The smallest absolute Gasteiger partial charge is 0.138 e. The Bertz CT molecular complexity index is 942. The number of ether oxygens (including phenoxy) is 1. The number of benzene rings is 2. The first-order chi connectivity index (χ1) is 13.0. The van der Waals surface area contributed by atoms with Gasteiger partial charge in [-0.3, -0.25) is 4.90 Å². The zero-order valence-corrected chi connectivity index (χ0v) is 16.2. The fraction of sp³-hybridized carbons (Fsp3) is 0.381. The highest BCUT2D eigenvalue weighted by Gasteiger charge is 2.34. The summed E-state index contributed by atoms with van der Waals surface area (Å²) in [6, 6.07) is 11.9. The highest BCUT2D eigenvalue weighted by Crippen LogP contribution is 2.29. The molecule has 142 valence electrons. The summed E-state index contributed by atoms with van der Waals surface area (Å²) < 4.78 is 5.88. The van der Waals surface area contributed by atoms with Crippen molar-refractivity contribution in [1.29, 1.82) is 0 Å². The number of likely N-dealkylation sites (tertiary alicyclic amines) is 1. The Hall–Kier alpha value is -2.08. The zero-order chi connectivity index (χ0) is 18.9. The molecule has 3 aromatic rings. The quantitative estimate of drug-likeness (QED) is 0.698. The first kappa shape index (κ1) is 18.3. The van der Waals surface area contributed by atoms with Crippen LogP contribution in [-0.4, -0.2) is 45.3 Å². The van der Waals surface area contributed by atoms with E-state index in [2.05, 4.69) is 27.0 Å². The molecule has 5 nitrogen and oxygen atoms in total. The van der Waals surface area contributed by atoms with Gasteiger partial charge in [0.15, 0.2) is 0 Å². The lowest BCUT2D eigenvalue weighted by molar-refractivity contribution is -0.0620. The van der Waals surface area contributed by atoms with Crippen LogP contribution < -0.4 is 4.74 Å². The Morgan fingerprint density at radius 2 is 2.19 bits per heavy atom. The summed E-state index contributed by atoms with van der Waals surface area (Å²) in [6.07, 6.45) is 3.38. The fourth-order valence-electron chi connectivity index (χ4n) is 3.73. The van der Waals surface area contributed by atoms with Gasteiger partial charge in [-0.05, 0) is 61.7 Å². The van der Waals surface area contributed by atoms with E-state index in [1.54, 1.807) is 6.33 Å². The van der Waals surface area contributed by atoms with Crippen LogP contribution in [0.1, 0.15) is 24.0 Å². The molecule has 1 saturated heterocycles. The molecule has 0 radical (unpaired) electrons. The largest absolute Gasteiger partial charge is 0.489 e. The molecule has 1 aliphatic heterocycles. The SMILES string of the molecule is Cc1ccc(Cl)c(OC[C@]2(O)CCCN(Cc3ccc4nc[nH]c4c3)C2)c1. The maximum atomic E-state index is 11.1. The van der Waals surface area contributed by atoms with Crippen LogP contribution >= 0.6 is 11.6 Å². The number of imidazole rings is 1. The van der Waals surface area contributed by atoms with E-state index >= 15 is 0 Å².